The van der Waals surface area contributed by atoms with Gasteiger partial charge < -0.3 is 14.9 Å². The van der Waals surface area contributed by atoms with Crippen LogP contribution >= 0.6 is 8.03 Å². The summed E-state index contributed by atoms with van der Waals surface area (Å²) < 4.78 is 9.19. The molecule has 3 N–H and O–H groups in total. The van der Waals surface area contributed by atoms with Crippen LogP contribution in [-0.4, -0.2) is 26.4 Å². The molecule has 20 heavy (non-hydrogen) atoms. The topological polar surface area (TPSA) is 146 Å². The molecule has 0 radical (unpaired) electrons. The molecule has 9 nitrogen and oxygen atoms in total. The molecule has 2 aromatic rings. The third-order valence-corrected chi connectivity index (χ3v) is 2.22. The number of H-pyrrole nitrogens is 2. The molecule has 1 atom stereocenters. The third kappa shape index (κ3) is 3.87. The predicted octanol–water partition coefficient (Wildman–Crippen LogP) is 0.516. The Morgan fingerprint density at radius 2 is 1.75 bits per heavy atom. The lowest BCUT2D eigenvalue weighted by Crippen LogP contribution is -2.29. The second-order valence-corrected chi connectivity index (χ2v) is 4.91. The summed E-state index contributed by atoms with van der Waals surface area (Å²) in [5.41, 5.74) is -0.561. The van der Waals surface area contributed by atoms with E-state index in [9.17, 15) is 24.3 Å². The molecule has 0 fully saturated rings. The fourth-order valence-corrected chi connectivity index (χ4v) is 1.49. The lowest BCUT2D eigenvalue weighted by Gasteiger charge is -2.01. The first kappa shape index (κ1) is 15.8. The highest BCUT2D eigenvalue weighted by molar-refractivity contribution is 7.36. The van der Waals surface area contributed by atoms with Gasteiger partial charge in [0, 0.05) is 18.8 Å². The van der Waals surface area contributed by atoms with Crippen molar-refractivity contribution >= 4 is 24.7 Å². The van der Waals surface area contributed by atoms with Crippen molar-refractivity contribution in [2.45, 2.75) is 6.92 Å². The van der Waals surface area contributed by atoms with Gasteiger partial charge in [-0.05, 0) is 12.5 Å². The van der Waals surface area contributed by atoms with Gasteiger partial charge in [-0.1, -0.05) is 0 Å². The highest BCUT2D eigenvalue weighted by atomic mass is 31.1. The summed E-state index contributed by atoms with van der Waals surface area (Å²) in [7, 11) is -2.13. The molecule has 2 rings (SSSR count). The van der Waals surface area contributed by atoms with E-state index in [0.29, 0.717) is 11.1 Å². The largest absolute Gasteiger partial charge is 0.346 e. The van der Waals surface area contributed by atoms with Crippen molar-refractivity contribution in [3.8, 4) is 0 Å². The van der Waals surface area contributed by atoms with Gasteiger partial charge in [-0.25, -0.2) is 0 Å². The van der Waals surface area contributed by atoms with Gasteiger partial charge >= 0.3 is 11.1 Å². The Hall–Kier alpha value is -2.25. The highest BCUT2D eigenvalue weighted by Gasteiger charge is 2.10. The van der Waals surface area contributed by atoms with Crippen molar-refractivity contribution in [1.29, 1.82) is 0 Å². The van der Waals surface area contributed by atoms with E-state index in [1.807, 2.05) is 0 Å². The second-order valence-electron chi connectivity index (χ2n) is 3.87. The van der Waals surface area contributed by atoms with Crippen LogP contribution in [0.2, 0.25) is 0 Å². The number of non-ortho nitro benzene ring substituents is 1. The molecular weight excluding hydrogens is 289 g/mol. The molecule has 0 aliphatic rings. The van der Waals surface area contributed by atoms with Gasteiger partial charge in [0.1, 0.15) is 0 Å². The molecule has 0 saturated carbocycles. The number of nitro groups is 1. The SMILES string of the molecule is C[PH](=O)O.Cc1cc([N+](=O)[O-])cc2[nH]c(=O)c(=O)[nH]c12. The maximum atomic E-state index is 11.1. The summed E-state index contributed by atoms with van der Waals surface area (Å²) in [6.45, 7) is 2.88. The Labute approximate surface area is 112 Å². The van der Waals surface area contributed by atoms with Crippen LogP contribution in [0.3, 0.4) is 0 Å². The van der Waals surface area contributed by atoms with E-state index >= 15 is 0 Å². The van der Waals surface area contributed by atoms with Crippen LogP contribution in [-0.2, 0) is 4.57 Å². The number of fused-ring (bicyclic) bond motifs is 1. The zero-order valence-electron chi connectivity index (χ0n) is 10.6. The minimum atomic E-state index is -2.13. The quantitative estimate of drug-likeness (QED) is 0.303. The molecular formula is C10H12N3O6P. The van der Waals surface area contributed by atoms with Crippen LogP contribution in [0, 0.1) is 17.0 Å². The zero-order chi connectivity index (χ0) is 15.4. The number of nitrogens with one attached hydrogen (secondary N) is 2. The van der Waals surface area contributed by atoms with E-state index < -0.39 is 24.1 Å². The summed E-state index contributed by atoms with van der Waals surface area (Å²) in [4.78, 5) is 44.4. The van der Waals surface area contributed by atoms with Gasteiger partial charge in [0.15, 0.2) is 8.03 Å². The minimum Gasteiger partial charge on any atom is -0.346 e. The van der Waals surface area contributed by atoms with Gasteiger partial charge in [-0.15, -0.1) is 0 Å². The molecule has 0 bridgehead atoms. The summed E-state index contributed by atoms with van der Waals surface area (Å²) in [5, 5.41) is 10.6. The molecule has 1 unspecified atom stereocenters. The summed E-state index contributed by atoms with van der Waals surface area (Å²) in [6.07, 6.45) is 0. The van der Waals surface area contributed by atoms with Crippen LogP contribution < -0.4 is 11.1 Å². The zero-order valence-corrected chi connectivity index (χ0v) is 11.6. The fourth-order valence-electron chi connectivity index (χ4n) is 1.49. The molecule has 10 heteroatoms. The predicted molar refractivity (Wildman–Crippen MR) is 73.7 cm³/mol. The maximum absolute atomic E-state index is 11.1. The van der Waals surface area contributed by atoms with Crippen molar-refractivity contribution < 1.29 is 14.4 Å². The van der Waals surface area contributed by atoms with Crippen molar-refractivity contribution in [3.05, 3.63) is 48.5 Å². The summed E-state index contributed by atoms with van der Waals surface area (Å²) in [6, 6.07) is 2.54. The lowest BCUT2D eigenvalue weighted by atomic mass is 10.2. The average molecular weight is 301 g/mol. The average Bonchev–Trinajstić information content (AvgIpc) is 2.30. The number of aryl methyl sites for hydroxylation is 1. The number of aromatic amines is 2. The van der Waals surface area contributed by atoms with Crippen molar-refractivity contribution in [2.75, 3.05) is 6.66 Å². The van der Waals surface area contributed by atoms with Gasteiger partial charge in [0.2, 0.25) is 0 Å². The molecule has 0 spiro atoms. The standard InChI is InChI=1S/C9H7N3O4.CH5O2P/c1-4-2-5(12(15)16)3-6-7(4)11-9(14)8(13)10-6;1-4(2)3/h2-3H,1H3,(H,10,13)(H,11,14);4H,1H3,(H,2,3). The van der Waals surface area contributed by atoms with E-state index in [1.165, 1.54) is 18.8 Å². The van der Waals surface area contributed by atoms with Gasteiger partial charge in [0.25, 0.3) is 5.69 Å². The first-order chi connectivity index (χ1) is 9.22. The fraction of sp³-hybridized carbons (Fsp3) is 0.200. The number of aromatic nitrogens is 2. The van der Waals surface area contributed by atoms with E-state index in [2.05, 4.69) is 9.97 Å². The Morgan fingerprint density at radius 3 is 2.25 bits per heavy atom. The van der Waals surface area contributed by atoms with Crippen LogP contribution in [0.4, 0.5) is 5.69 Å². The number of hydrogen-bond donors (Lipinski definition) is 3. The Morgan fingerprint density at radius 1 is 1.25 bits per heavy atom. The van der Waals surface area contributed by atoms with Gasteiger partial charge in [-0.2, -0.15) is 0 Å². The monoisotopic (exact) mass is 301 g/mol. The van der Waals surface area contributed by atoms with Crippen molar-refractivity contribution in [1.82, 2.24) is 9.97 Å². The first-order valence-corrected chi connectivity index (χ1v) is 7.18. The number of nitrogens with zero attached hydrogens (tertiary/aromatic N) is 1. The maximum Gasteiger partial charge on any atom is 0.314 e. The molecule has 1 heterocycles. The smallest absolute Gasteiger partial charge is 0.314 e. The van der Waals surface area contributed by atoms with Gasteiger partial charge in [0.05, 0.1) is 16.0 Å². The Kier molecular flexibility index (Phi) is 4.95. The van der Waals surface area contributed by atoms with Crippen molar-refractivity contribution in [2.24, 2.45) is 0 Å². The van der Waals surface area contributed by atoms with Crippen LogP contribution in [0.25, 0.3) is 11.0 Å². The van der Waals surface area contributed by atoms with Crippen LogP contribution in [0.15, 0.2) is 21.7 Å². The summed E-state index contributed by atoms with van der Waals surface area (Å²) in [5.74, 6) is 0. The van der Waals surface area contributed by atoms with Crippen molar-refractivity contribution in [3.63, 3.8) is 0 Å². The summed E-state index contributed by atoms with van der Waals surface area (Å²) >= 11 is 0. The van der Waals surface area contributed by atoms with E-state index in [1.54, 1.807) is 6.92 Å². The van der Waals surface area contributed by atoms with E-state index in [0.717, 1.165) is 0 Å². The van der Waals surface area contributed by atoms with Crippen LogP contribution in [0.5, 0.6) is 0 Å². The molecule has 1 aromatic carbocycles. The molecule has 1 aromatic heterocycles. The Balaban J connectivity index is 0.000000444. The molecule has 0 aliphatic heterocycles. The molecule has 108 valence electrons. The molecule has 0 aliphatic carbocycles. The van der Waals surface area contributed by atoms with Gasteiger partial charge in [-0.3, -0.25) is 24.3 Å². The minimum absolute atomic E-state index is 0.132. The van der Waals surface area contributed by atoms with E-state index in [-0.39, 0.29) is 11.2 Å². The van der Waals surface area contributed by atoms with Crippen LogP contribution in [0.1, 0.15) is 5.56 Å². The Bertz CT molecular complexity index is 790. The second kappa shape index (κ2) is 6.27. The normalized spacial score (nSPS) is 11.6. The molecule has 0 amide bonds. The molecule has 0 saturated heterocycles. The number of benzene rings is 1. The first-order valence-electron chi connectivity index (χ1n) is 5.33. The van der Waals surface area contributed by atoms with E-state index in [4.69, 9.17) is 4.89 Å². The number of nitro benzene ring substituents is 1. The number of hydrogen-bond acceptors (Lipinski definition) is 5. The highest BCUT2D eigenvalue weighted by Crippen LogP contribution is 2.20. The third-order valence-electron chi connectivity index (χ3n) is 2.22. The number of rotatable bonds is 1. The lowest BCUT2D eigenvalue weighted by molar-refractivity contribution is -0.384.